The fourth-order valence-electron chi connectivity index (χ4n) is 2.33. The number of benzene rings is 2. The summed E-state index contributed by atoms with van der Waals surface area (Å²) in [6.07, 6.45) is 1.54. The molecule has 4 rings (SSSR count). The Morgan fingerprint density at radius 1 is 1.00 bits per heavy atom. The van der Waals surface area contributed by atoms with E-state index in [4.69, 9.17) is 4.42 Å². The molecule has 1 aliphatic heterocycles. The molecule has 108 valence electrons. The van der Waals surface area contributed by atoms with Crippen molar-refractivity contribution in [2.75, 3.05) is 0 Å². The molecule has 5 heteroatoms. The minimum absolute atomic E-state index is 0.00184. The smallest absolute Gasteiger partial charge is 0.198 e. The minimum Gasteiger partial charge on any atom is -0.464 e. The van der Waals surface area contributed by atoms with Crippen molar-refractivity contribution in [1.82, 2.24) is 0 Å². The summed E-state index contributed by atoms with van der Waals surface area (Å²) >= 11 is 0. The molecule has 0 N–H and O–H groups in total. The molecule has 0 fully saturated rings. The second kappa shape index (κ2) is 5.66. The molecule has 0 radical (unpaired) electrons. The number of rotatable bonds is 2. The summed E-state index contributed by atoms with van der Waals surface area (Å²) in [5.41, 5.74) is 2.28. The van der Waals surface area contributed by atoms with Crippen molar-refractivity contribution in [1.29, 1.82) is 0 Å². The third-order valence-electron chi connectivity index (χ3n) is 3.45. The van der Waals surface area contributed by atoms with E-state index in [1.807, 2.05) is 42.5 Å². The molecular weight excluding hydrogens is 314 g/mol. The van der Waals surface area contributed by atoms with E-state index < -0.39 is 0 Å². The van der Waals surface area contributed by atoms with Crippen molar-refractivity contribution in [3.05, 3.63) is 82.2 Å². The molecule has 1 atom stereocenters. The lowest BCUT2D eigenvalue weighted by Gasteiger charge is -2.05. The Kier molecular flexibility index (Phi) is 3.52. The second-order valence-electron chi connectivity index (χ2n) is 4.85. The largest absolute Gasteiger partial charge is 0.464 e. The molecule has 1 aromatic heterocycles. The normalized spacial score (nSPS) is 17.6. The average Bonchev–Trinajstić information content (AvgIpc) is 3.06. The Hall–Kier alpha value is -1.98. The van der Waals surface area contributed by atoms with Gasteiger partial charge in [-0.15, -0.1) is 0 Å². The van der Waals surface area contributed by atoms with E-state index in [1.54, 1.807) is 40.0 Å². The van der Waals surface area contributed by atoms with Crippen molar-refractivity contribution in [2.24, 2.45) is 4.99 Å². The van der Waals surface area contributed by atoms with Crippen molar-refractivity contribution in [3.8, 4) is 0 Å². The summed E-state index contributed by atoms with van der Waals surface area (Å²) < 4.78 is 5.59. The Morgan fingerprint density at radius 2 is 1.77 bits per heavy atom. The molecular formula is C17H11NO2S2. The van der Waals surface area contributed by atoms with E-state index in [-0.39, 0.29) is 10.8 Å². The Labute approximate surface area is 134 Å². The molecule has 3 aromatic rings. The minimum atomic E-state index is -0.221. The van der Waals surface area contributed by atoms with Crippen LogP contribution >= 0.6 is 21.6 Å². The van der Waals surface area contributed by atoms with Gasteiger partial charge in [0.05, 0.1) is 10.9 Å². The SMILES string of the molecule is O=c1c(C2N=C(c3ccccc3)SS2)coc2ccccc12. The third kappa shape index (κ3) is 2.36. The van der Waals surface area contributed by atoms with Crippen LogP contribution in [0.2, 0.25) is 0 Å². The van der Waals surface area contributed by atoms with Gasteiger partial charge in [-0.3, -0.25) is 9.79 Å². The van der Waals surface area contributed by atoms with Gasteiger partial charge in [0.25, 0.3) is 0 Å². The number of hydrogen-bond acceptors (Lipinski definition) is 5. The van der Waals surface area contributed by atoms with E-state index in [9.17, 15) is 4.79 Å². The molecule has 2 heterocycles. The number of fused-ring (bicyclic) bond motifs is 1. The highest BCUT2D eigenvalue weighted by atomic mass is 33.1. The van der Waals surface area contributed by atoms with Gasteiger partial charge in [0, 0.05) is 5.56 Å². The first-order valence-electron chi connectivity index (χ1n) is 6.80. The Balaban J connectivity index is 1.76. The van der Waals surface area contributed by atoms with E-state index in [0.29, 0.717) is 16.5 Å². The summed E-state index contributed by atoms with van der Waals surface area (Å²) in [5.74, 6) is 0. The highest BCUT2D eigenvalue weighted by Gasteiger charge is 2.25. The highest BCUT2D eigenvalue weighted by molar-refractivity contribution is 8.82. The van der Waals surface area contributed by atoms with Crippen molar-refractivity contribution >= 4 is 37.6 Å². The molecule has 22 heavy (non-hydrogen) atoms. The van der Waals surface area contributed by atoms with Crippen LogP contribution in [0.3, 0.4) is 0 Å². The molecule has 1 unspecified atom stereocenters. The summed E-state index contributed by atoms with van der Waals surface area (Å²) in [6.45, 7) is 0. The van der Waals surface area contributed by atoms with Gasteiger partial charge < -0.3 is 4.42 Å². The number of nitrogens with zero attached hydrogens (tertiary/aromatic N) is 1. The average molecular weight is 325 g/mol. The van der Waals surface area contributed by atoms with Crippen LogP contribution in [-0.4, -0.2) is 5.04 Å². The zero-order valence-electron chi connectivity index (χ0n) is 11.4. The first kappa shape index (κ1) is 13.7. The Bertz CT molecular complexity index is 919. The predicted octanol–water partition coefficient (Wildman–Crippen LogP) is 4.63. The molecule has 0 spiro atoms. The molecule has 0 saturated carbocycles. The third-order valence-corrected chi connectivity index (χ3v) is 5.89. The van der Waals surface area contributed by atoms with Crippen molar-refractivity contribution in [2.45, 2.75) is 5.37 Å². The van der Waals surface area contributed by atoms with Crippen LogP contribution in [-0.2, 0) is 0 Å². The summed E-state index contributed by atoms with van der Waals surface area (Å²) in [7, 11) is 3.17. The monoisotopic (exact) mass is 325 g/mol. The topological polar surface area (TPSA) is 42.6 Å². The maximum atomic E-state index is 12.6. The summed E-state index contributed by atoms with van der Waals surface area (Å²) in [6, 6.07) is 17.3. The molecule has 1 aliphatic rings. The van der Waals surface area contributed by atoms with Crippen LogP contribution in [0.25, 0.3) is 11.0 Å². The van der Waals surface area contributed by atoms with Crippen LogP contribution in [0.5, 0.6) is 0 Å². The number of para-hydroxylation sites is 1. The second-order valence-corrected chi connectivity index (χ2v) is 7.12. The van der Waals surface area contributed by atoms with Crippen LogP contribution in [0.1, 0.15) is 16.5 Å². The van der Waals surface area contributed by atoms with E-state index in [2.05, 4.69) is 4.99 Å². The highest BCUT2D eigenvalue weighted by Crippen LogP contribution is 2.46. The molecule has 0 saturated heterocycles. The van der Waals surface area contributed by atoms with Crippen LogP contribution in [0.4, 0.5) is 0 Å². The number of hydrogen-bond donors (Lipinski definition) is 0. The predicted molar refractivity (Wildman–Crippen MR) is 93.4 cm³/mol. The lowest BCUT2D eigenvalue weighted by molar-refractivity contribution is 0.592. The van der Waals surface area contributed by atoms with E-state index in [1.165, 1.54) is 0 Å². The van der Waals surface area contributed by atoms with Gasteiger partial charge in [-0.2, -0.15) is 0 Å². The van der Waals surface area contributed by atoms with Crippen LogP contribution < -0.4 is 5.43 Å². The molecule has 3 nitrogen and oxygen atoms in total. The number of aliphatic imine (C=N–C) groups is 1. The molecule has 0 bridgehead atoms. The first-order valence-corrected chi connectivity index (χ1v) is 9.01. The standard InChI is InChI=1S/C17H11NO2S2/c19-15-12-8-4-5-9-14(12)20-10-13(15)17-18-16(21-22-17)11-6-2-1-3-7-11/h1-10,17H. The van der Waals surface area contributed by atoms with Gasteiger partial charge in [-0.1, -0.05) is 53.3 Å². The van der Waals surface area contributed by atoms with E-state index in [0.717, 1.165) is 10.6 Å². The van der Waals surface area contributed by atoms with Crippen molar-refractivity contribution in [3.63, 3.8) is 0 Å². The summed E-state index contributed by atoms with van der Waals surface area (Å²) in [5, 5.41) is 1.33. The fourth-order valence-corrected chi connectivity index (χ4v) is 4.78. The van der Waals surface area contributed by atoms with E-state index >= 15 is 0 Å². The van der Waals surface area contributed by atoms with Gasteiger partial charge >= 0.3 is 0 Å². The van der Waals surface area contributed by atoms with Crippen LogP contribution in [0, 0.1) is 0 Å². The van der Waals surface area contributed by atoms with Gasteiger partial charge in [-0.25, -0.2) is 0 Å². The molecule has 2 aromatic carbocycles. The molecule has 0 amide bonds. The van der Waals surface area contributed by atoms with Gasteiger partial charge in [0.2, 0.25) is 0 Å². The lowest BCUT2D eigenvalue weighted by atomic mass is 10.1. The lowest BCUT2D eigenvalue weighted by Crippen LogP contribution is -2.09. The summed E-state index contributed by atoms with van der Waals surface area (Å²) in [4.78, 5) is 17.3. The quantitative estimate of drug-likeness (QED) is 0.644. The maximum absolute atomic E-state index is 12.6. The maximum Gasteiger partial charge on any atom is 0.198 e. The Morgan fingerprint density at radius 3 is 2.64 bits per heavy atom. The first-order chi connectivity index (χ1) is 10.8. The zero-order chi connectivity index (χ0) is 14.9. The van der Waals surface area contributed by atoms with Crippen molar-refractivity contribution < 1.29 is 4.42 Å². The van der Waals surface area contributed by atoms with Gasteiger partial charge in [0.15, 0.2) is 5.43 Å². The van der Waals surface area contributed by atoms with Crippen LogP contribution in [0.15, 0.2) is 75.1 Å². The van der Waals surface area contributed by atoms with Gasteiger partial charge in [-0.05, 0) is 22.9 Å². The zero-order valence-corrected chi connectivity index (χ0v) is 13.1. The molecule has 0 aliphatic carbocycles. The fraction of sp³-hybridized carbons (Fsp3) is 0.0588. The van der Waals surface area contributed by atoms with Gasteiger partial charge in [0.1, 0.15) is 22.3 Å².